The molecule has 0 amide bonds. The quantitative estimate of drug-likeness (QED) is 0.637. The normalized spacial score (nSPS) is 22.2. The van der Waals surface area contributed by atoms with Crippen molar-refractivity contribution >= 4 is 0 Å². The van der Waals surface area contributed by atoms with Gasteiger partial charge in [-0.1, -0.05) is 0 Å². The highest BCUT2D eigenvalue weighted by molar-refractivity contribution is 4.70. The predicted molar refractivity (Wildman–Crippen MR) is 42.1 cm³/mol. The first-order valence-electron chi connectivity index (χ1n) is 4.13. The maximum absolute atomic E-state index is 5.66. The Balaban J connectivity index is 1.99. The molecule has 0 aromatic heterocycles. The second kappa shape index (κ2) is 3.94. The maximum Gasteiger partial charge on any atom is 0.0674 e. The summed E-state index contributed by atoms with van der Waals surface area (Å²) >= 11 is 0. The molecule has 1 N–H and O–H groups in total. The van der Waals surface area contributed by atoms with Gasteiger partial charge >= 0.3 is 0 Å². The van der Waals surface area contributed by atoms with E-state index in [1.807, 2.05) is 7.05 Å². The van der Waals surface area contributed by atoms with Gasteiger partial charge in [-0.2, -0.15) is 0 Å². The number of nitrogens with one attached hydrogen (secondary N) is 1. The fraction of sp³-hybridized carbons (Fsp3) is 1.00. The fourth-order valence-corrected chi connectivity index (χ4v) is 1.17. The van der Waals surface area contributed by atoms with Crippen LogP contribution >= 0.6 is 0 Å². The van der Waals surface area contributed by atoms with Gasteiger partial charge in [-0.05, 0) is 33.2 Å². The van der Waals surface area contributed by atoms with Crippen LogP contribution in [0.4, 0.5) is 0 Å². The summed E-state index contributed by atoms with van der Waals surface area (Å²) in [7, 11) is 1.96. The van der Waals surface area contributed by atoms with Gasteiger partial charge in [0.2, 0.25) is 0 Å². The van der Waals surface area contributed by atoms with Gasteiger partial charge in [-0.3, -0.25) is 0 Å². The number of ether oxygens (including phenoxy) is 1. The third-order valence-electron chi connectivity index (χ3n) is 1.97. The molecule has 0 spiro atoms. The summed E-state index contributed by atoms with van der Waals surface area (Å²) in [6, 6.07) is 0. The van der Waals surface area contributed by atoms with E-state index in [1.165, 1.54) is 19.3 Å². The summed E-state index contributed by atoms with van der Waals surface area (Å²) in [5.74, 6) is 0. The lowest BCUT2D eigenvalue weighted by Crippen LogP contribution is -2.31. The van der Waals surface area contributed by atoms with E-state index in [1.54, 1.807) is 0 Å². The monoisotopic (exact) mass is 143 g/mol. The van der Waals surface area contributed by atoms with Crippen molar-refractivity contribution < 1.29 is 4.74 Å². The van der Waals surface area contributed by atoms with Crippen LogP contribution < -0.4 is 5.32 Å². The van der Waals surface area contributed by atoms with E-state index in [-0.39, 0.29) is 0 Å². The molecule has 0 bridgehead atoms. The van der Waals surface area contributed by atoms with E-state index in [2.05, 4.69) is 12.2 Å². The van der Waals surface area contributed by atoms with Crippen LogP contribution in [0.3, 0.4) is 0 Å². The highest BCUT2D eigenvalue weighted by Crippen LogP contribution is 2.22. The number of rotatable bonds is 4. The Bertz CT molecular complexity index is 91.3. The first-order valence-corrected chi connectivity index (χ1v) is 4.13. The first-order chi connectivity index (χ1) is 4.83. The third kappa shape index (κ3) is 2.27. The van der Waals surface area contributed by atoms with E-state index >= 15 is 0 Å². The van der Waals surface area contributed by atoms with Gasteiger partial charge in [0, 0.05) is 6.54 Å². The molecule has 0 aromatic carbocycles. The van der Waals surface area contributed by atoms with Crippen LogP contribution in [0.5, 0.6) is 0 Å². The zero-order valence-corrected chi connectivity index (χ0v) is 6.89. The van der Waals surface area contributed by atoms with Crippen LogP contribution in [-0.2, 0) is 4.74 Å². The molecule has 0 aromatic rings. The molecule has 2 heteroatoms. The lowest BCUT2D eigenvalue weighted by molar-refractivity contribution is -0.0411. The van der Waals surface area contributed by atoms with Gasteiger partial charge in [-0.15, -0.1) is 0 Å². The first kappa shape index (κ1) is 8.02. The molecule has 0 heterocycles. The highest BCUT2D eigenvalue weighted by atomic mass is 16.5. The van der Waals surface area contributed by atoms with E-state index in [0.29, 0.717) is 12.2 Å². The molecular weight excluding hydrogens is 126 g/mol. The van der Waals surface area contributed by atoms with Crippen molar-refractivity contribution in [2.24, 2.45) is 0 Å². The molecule has 1 saturated carbocycles. The van der Waals surface area contributed by atoms with Gasteiger partial charge in [0.15, 0.2) is 0 Å². The van der Waals surface area contributed by atoms with Gasteiger partial charge in [-0.25, -0.2) is 0 Å². The Morgan fingerprint density at radius 1 is 1.60 bits per heavy atom. The molecule has 10 heavy (non-hydrogen) atoms. The molecular formula is C8H17NO. The average Bonchev–Trinajstić information content (AvgIpc) is 1.80. The van der Waals surface area contributed by atoms with Crippen molar-refractivity contribution in [3.8, 4) is 0 Å². The van der Waals surface area contributed by atoms with Gasteiger partial charge in [0.1, 0.15) is 0 Å². The summed E-state index contributed by atoms with van der Waals surface area (Å²) in [5.41, 5.74) is 0. The molecule has 1 fully saturated rings. The molecule has 0 radical (unpaired) electrons. The minimum absolute atomic E-state index is 0.385. The maximum atomic E-state index is 5.66. The Hall–Kier alpha value is -0.0800. The average molecular weight is 143 g/mol. The van der Waals surface area contributed by atoms with Crippen molar-refractivity contribution in [2.45, 2.75) is 38.4 Å². The largest absolute Gasteiger partial charge is 0.374 e. The highest BCUT2D eigenvalue weighted by Gasteiger charge is 2.19. The third-order valence-corrected chi connectivity index (χ3v) is 1.97. The van der Waals surface area contributed by atoms with Crippen molar-refractivity contribution in [1.82, 2.24) is 5.32 Å². The van der Waals surface area contributed by atoms with Crippen molar-refractivity contribution in [3.05, 3.63) is 0 Å². The van der Waals surface area contributed by atoms with E-state index in [4.69, 9.17) is 4.74 Å². The van der Waals surface area contributed by atoms with Gasteiger partial charge in [0.25, 0.3) is 0 Å². The lowest BCUT2D eigenvalue weighted by atomic mass is 9.96. The van der Waals surface area contributed by atoms with E-state index in [9.17, 15) is 0 Å². The Labute approximate surface area is 63.0 Å². The molecule has 1 rings (SSSR count). The summed E-state index contributed by atoms with van der Waals surface area (Å²) < 4.78 is 5.66. The van der Waals surface area contributed by atoms with Crippen molar-refractivity contribution in [3.63, 3.8) is 0 Å². The zero-order valence-electron chi connectivity index (χ0n) is 6.89. The van der Waals surface area contributed by atoms with E-state index < -0.39 is 0 Å². The molecule has 60 valence electrons. The molecule has 0 saturated heterocycles. The smallest absolute Gasteiger partial charge is 0.0674 e. The van der Waals surface area contributed by atoms with Crippen LogP contribution in [-0.4, -0.2) is 25.8 Å². The zero-order chi connectivity index (χ0) is 7.40. The minimum Gasteiger partial charge on any atom is -0.374 e. The minimum atomic E-state index is 0.385. The summed E-state index contributed by atoms with van der Waals surface area (Å²) in [6.07, 6.45) is 4.86. The summed E-state index contributed by atoms with van der Waals surface area (Å²) in [4.78, 5) is 0. The SMILES string of the molecule is CNCC(C)OC1CCC1. The molecule has 0 aliphatic heterocycles. The topological polar surface area (TPSA) is 21.3 Å². The second-order valence-corrected chi connectivity index (χ2v) is 3.06. The molecule has 1 aliphatic carbocycles. The predicted octanol–water partition coefficient (Wildman–Crippen LogP) is 1.16. The Morgan fingerprint density at radius 3 is 2.70 bits per heavy atom. The van der Waals surface area contributed by atoms with Crippen molar-refractivity contribution in [2.75, 3.05) is 13.6 Å². The molecule has 1 unspecified atom stereocenters. The fourth-order valence-electron chi connectivity index (χ4n) is 1.17. The molecule has 2 nitrogen and oxygen atoms in total. The standard InChI is InChI=1S/C8H17NO/c1-7(6-9-2)10-8-4-3-5-8/h7-9H,3-6H2,1-2H3. The van der Waals surface area contributed by atoms with Gasteiger partial charge in [0.05, 0.1) is 12.2 Å². The van der Waals surface area contributed by atoms with Crippen molar-refractivity contribution in [1.29, 1.82) is 0 Å². The Morgan fingerprint density at radius 2 is 2.30 bits per heavy atom. The van der Waals surface area contributed by atoms with Crippen LogP contribution in [0.15, 0.2) is 0 Å². The number of likely N-dealkylation sites (N-methyl/N-ethyl adjacent to an activating group) is 1. The lowest BCUT2D eigenvalue weighted by Gasteiger charge is -2.28. The molecule has 1 aliphatic rings. The van der Waals surface area contributed by atoms with Crippen LogP contribution in [0, 0.1) is 0 Å². The number of hydrogen-bond acceptors (Lipinski definition) is 2. The molecule has 1 atom stereocenters. The van der Waals surface area contributed by atoms with E-state index in [0.717, 1.165) is 6.54 Å². The van der Waals surface area contributed by atoms with Crippen LogP contribution in [0.25, 0.3) is 0 Å². The van der Waals surface area contributed by atoms with Crippen LogP contribution in [0.1, 0.15) is 26.2 Å². The number of hydrogen-bond donors (Lipinski definition) is 1. The second-order valence-electron chi connectivity index (χ2n) is 3.06. The van der Waals surface area contributed by atoms with Crippen LogP contribution in [0.2, 0.25) is 0 Å². The summed E-state index contributed by atoms with van der Waals surface area (Å²) in [5, 5.41) is 3.10. The summed E-state index contributed by atoms with van der Waals surface area (Å²) in [6.45, 7) is 3.09. The Kier molecular flexibility index (Phi) is 3.16. The van der Waals surface area contributed by atoms with Gasteiger partial charge < -0.3 is 10.1 Å².